The van der Waals surface area contributed by atoms with Crippen molar-refractivity contribution < 1.29 is 24.4 Å². The van der Waals surface area contributed by atoms with Crippen molar-refractivity contribution in [3.8, 4) is 0 Å². The molecule has 1 aromatic rings. The minimum absolute atomic E-state index is 0.182. The van der Waals surface area contributed by atoms with Crippen LogP contribution in [0.2, 0.25) is 0 Å². The Morgan fingerprint density at radius 2 is 2.05 bits per heavy atom. The molecule has 1 unspecified atom stereocenters. The number of nitro groups is 1. The predicted molar refractivity (Wildman–Crippen MR) is 77.5 cm³/mol. The molecule has 2 N–H and O–H groups in total. The Morgan fingerprint density at radius 1 is 1.41 bits per heavy atom. The monoisotopic (exact) mass is 310 g/mol. The second-order valence-electron chi connectivity index (χ2n) is 5.65. The van der Waals surface area contributed by atoms with E-state index in [9.17, 15) is 19.7 Å². The van der Waals surface area contributed by atoms with Crippen LogP contribution in [0.15, 0.2) is 24.3 Å². The molecule has 0 aliphatic rings. The number of hydrogen-bond donors (Lipinski definition) is 2. The number of non-ortho nitro benzene ring substituents is 1. The topological polar surface area (TPSA) is 119 Å². The molecule has 1 rings (SSSR count). The number of amides is 1. The maximum Gasteiger partial charge on any atom is 0.408 e. The van der Waals surface area contributed by atoms with Gasteiger partial charge in [0.25, 0.3) is 5.69 Å². The van der Waals surface area contributed by atoms with E-state index in [4.69, 9.17) is 9.84 Å². The molecule has 0 saturated carbocycles. The number of nitro benzene ring substituents is 1. The quantitative estimate of drug-likeness (QED) is 0.637. The fourth-order valence-electron chi connectivity index (χ4n) is 1.73. The summed E-state index contributed by atoms with van der Waals surface area (Å²) in [4.78, 5) is 32.9. The number of aliphatic carboxylic acids is 1. The van der Waals surface area contributed by atoms with Gasteiger partial charge in [0.15, 0.2) is 0 Å². The third kappa shape index (κ3) is 5.78. The summed E-state index contributed by atoms with van der Waals surface area (Å²) in [6, 6.07) is 4.53. The maximum absolute atomic E-state index is 11.8. The Balaban J connectivity index is 2.98. The number of nitrogens with zero attached hydrogens (tertiary/aromatic N) is 1. The van der Waals surface area contributed by atoms with Crippen molar-refractivity contribution in [2.45, 2.75) is 38.8 Å². The van der Waals surface area contributed by atoms with Crippen LogP contribution in [0.25, 0.3) is 0 Å². The number of benzene rings is 1. The number of carboxylic acids is 1. The van der Waals surface area contributed by atoms with Gasteiger partial charge >= 0.3 is 12.1 Å². The van der Waals surface area contributed by atoms with Gasteiger partial charge < -0.3 is 15.2 Å². The molecule has 0 fully saturated rings. The highest BCUT2D eigenvalue weighted by molar-refractivity contribution is 5.72. The average molecular weight is 310 g/mol. The van der Waals surface area contributed by atoms with E-state index in [2.05, 4.69) is 5.32 Å². The molecule has 0 heterocycles. The first kappa shape index (κ1) is 17.4. The second kappa shape index (κ2) is 6.88. The van der Waals surface area contributed by atoms with Crippen LogP contribution in [-0.4, -0.2) is 27.7 Å². The van der Waals surface area contributed by atoms with Crippen LogP contribution in [0.3, 0.4) is 0 Å². The van der Waals surface area contributed by atoms with Crippen LogP contribution in [-0.2, 0) is 9.53 Å². The van der Waals surface area contributed by atoms with E-state index in [-0.39, 0.29) is 5.69 Å². The lowest BCUT2D eigenvalue weighted by molar-refractivity contribution is -0.384. The predicted octanol–water partition coefficient (Wildman–Crippen LogP) is 2.64. The molecule has 0 radical (unpaired) electrons. The molecule has 0 saturated heterocycles. The number of hydrogen-bond acceptors (Lipinski definition) is 5. The van der Waals surface area contributed by atoms with Gasteiger partial charge in [-0.3, -0.25) is 14.9 Å². The summed E-state index contributed by atoms with van der Waals surface area (Å²) < 4.78 is 5.07. The lowest BCUT2D eigenvalue weighted by Gasteiger charge is -2.23. The Bertz CT molecular complexity index is 579. The molecular weight excluding hydrogens is 292 g/mol. The molecule has 120 valence electrons. The summed E-state index contributed by atoms with van der Waals surface area (Å²) in [5.74, 6) is -1.15. The first-order chi connectivity index (χ1) is 10.1. The molecule has 0 aliphatic heterocycles. The summed E-state index contributed by atoms with van der Waals surface area (Å²) in [6.45, 7) is 5.02. The van der Waals surface area contributed by atoms with Crippen molar-refractivity contribution in [1.29, 1.82) is 0 Å². The van der Waals surface area contributed by atoms with E-state index >= 15 is 0 Å². The van der Waals surface area contributed by atoms with Gasteiger partial charge in [-0.05, 0) is 26.3 Å². The van der Waals surface area contributed by atoms with Gasteiger partial charge in [-0.25, -0.2) is 4.79 Å². The number of carbonyl (C=O) groups excluding carboxylic acids is 1. The standard InChI is InChI=1S/C14H18N2O6/c1-14(2,3)22-13(19)15-11(8-12(17)18)9-5-4-6-10(7-9)16(20)21/h4-7,11H,8H2,1-3H3,(H,15,19)(H,17,18). The van der Waals surface area contributed by atoms with Crippen molar-refractivity contribution in [2.24, 2.45) is 0 Å². The highest BCUT2D eigenvalue weighted by atomic mass is 16.6. The largest absolute Gasteiger partial charge is 0.481 e. The number of alkyl carbamates (subject to hydrolysis) is 1. The fourth-order valence-corrected chi connectivity index (χ4v) is 1.73. The molecule has 0 aromatic heterocycles. The van der Waals surface area contributed by atoms with Crippen molar-refractivity contribution in [2.75, 3.05) is 0 Å². The normalized spacial score (nSPS) is 12.3. The summed E-state index contributed by atoms with van der Waals surface area (Å²) in [5.41, 5.74) is -0.595. The van der Waals surface area contributed by atoms with E-state index in [1.807, 2.05) is 0 Å². The molecular formula is C14H18N2O6. The lowest BCUT2D eigenvalue weighted by Crippen LogP contribution is -2.35. The second-order valence-corrected chi connectivity index (χ2v) is 5.65. The summed E-state index contributed by atoms with van der Waals surface area (Å²) in [6.07, 6.45) is -1.20. The van der Waals surface area contributed by atoms with Gasteiger partial charge in [0, 0.05) is 12.1 Å². The van der Waals surface area contributed by atoms with Crippen LogP contribution >= 0.6 is 0 Å². The van der Waals surface area contributed by atoms with Crippen LogP contribution in [0, 0.1) is 10.1 Å². The summed E-state index contributed by atoms with van der Waals surface area (Å²) >= 11 is 0. The Labute approximate surface area is 127 Å². The maximum atomic E-state index is 11.8. The first-order valence-corrected chi connectivity index (χ1v) is 6.54. The third-order valence-corrected chi connectivity index (χ3v) is 2.55. The zero-order valence-corrected chi connectivity index (χ0v) is 12.5. The van der Waals surface area contributed by atoms with Crippen molar-refractivity contribution in [3.63, 3.8) is 0 Å². The Hall–Kier alpha value is -2.64. The molecule has 8 heteroatoms. The highest BCUT2D eigenvalue weighted by Gasteiger charge is 2.23. The molecule has 1 atom stereocenters. The minimum atomic E-state index is -1.15. The summed E-state index contributed by atoms with van der Waals surface area (Å²) in [5, 5.41) is 22.2. The van der Waals surface area contributed by atoms with E-state index in [1.54, 1.807) is 20.8 Å². The smallest absolute Gasteiger partial charge is 0.408 e. The van der Waals surface area contributed by atoms with Crippen LogP contribution in [0.4, 0.5) is 10.5 Å². The first-order valence-electron chi connectivity index (χ1n) is 6.54. The van der Waals surface area contributed by atoms with E-state index in [0.717, 1.165) is 0 Å². The molecule has 0 aliphatic carbocycles. The van der Waals surface area contributed by atoms with Crippen molar-refractivity contribution >= 4 is 17.7 Å². The molecule has 1 amide bonds. The molecule has 0 spiro atoms. The van der Waals surface area contributed by atoms with Gasteiger partial charge in [0.05, 0.1) is 17.4 Å². The minimum Gasteiger partial charge on any atom is -0.481 e. The molecule has 8 nitrogen and oxygen atoms in total. The zero-order valence-electron chi connectivity index (χ0n) is 12.5. The lowest BCUT2D eigenvalue weighted by atomic mass is 10.0. The highest BCUT2D eigenvalue weighted by Crippen LogP contribution is 2.22. The SMILES string of the molecule is CC(C)(C)OC(=O)NC(CC(=O)O)c1cccc([N+](=O)[O-])c1. The molecule has 0 bridgehead atoms. The fraction of sp³-hybridized carbons (Fsp3) is 0.429. The number of nitrogens with one attached hydrogen (secondary N) is 1. The Morgan fingerprint density at radius 3 is 2.55 bits per heavy atom. The van der Waals surface area contributed by atoms with E-state index in [1.165, 1.54) is 24.3 Å². The van der Waals surface area contributed by atoms with E-state index < -0.39 is 35.0 Å². The van der Waals surface area contributed by atoms with Gasteiger partial charge in [-0.1, -0.05) is 12.1 Å². The van der Waals surface area contributed by atoms with Crippen LogP contribution in [0.5, 0.6) is 0 Å². The van der Waals surface area contributed by atoms with Gasteiger partial charge in [0.1, 0.15) is 5.60 Å². The number of carboxylic acid groups (broad SMARTS) is 1. The number of carbonyl (C=O) groups is 2. The zero-order chi connectivity index (χ0) is 16.9. The third-order valence-electron chi connectivity index (χ3n) is 2.55. The van der Waals surface area contributed by atoms with Crippen LogP contribution < -0.4 is 5.32 Å². The number of rotatable bonds is 5. The van der Waals surface area contributed by atoms with E-state index in [0.29, 0.717) is 5.56 Å². The van der Waals surface area contributed by atoms with Gasteiger partial charge in [-0.15, -0.1) is 0 Å². The van der Waals surface area contributed by atoms with Gasteiger partial charge in [0.2, 0.25) is 0 Å². The molecule has 1 aromatic carbocycles. The van der Waals surface area contributed by atoms with Crippen molar-refractivity contribution in [3.05, 3.63) is 39.9 Å². The molecule has 22 heavy (non-hydrogen) atoms. The van der Waals surface area contributed by atoms with Gasteiger partial charge in [-0.2, -0.15) is 0 Å². The number of ether oxygens (including phenoxy) is 1. The summed E-state index contributed by atoms with van der Waals surface area (Å²) in [7, 11) is 0. The average Bonchev–Trinajstić information content (AvgIpc) is 2.35. The Kier molecular flexibility index (Phi) is 5.44. The van der Waals surface area contributed by atoms with Crippen LogP contribution in [0.1, 0.15) is 38.8 Å². The van der Waals surface area contributed by atoms with Crippen molar-refractivity contribution in [1.82, 2.24) is 5.32 Å².